The summed E-state index contributed by atoms with van der Waals surface area (Å²) >= 11 is 0. The van der Waals surface area contributed by atoms with E-state index in [-0.39, 0.29) is 17.8 Å². The third-order valence-corrected chi connectivity index (χ3v) is 3.54. The van der Waals surface area contributed by atoms with Crippen molar-refractivity contribution in [1.82, 2.24) is 4.98 Å². The zero-order valence-electron chi connectivity index (χ0n) is 15.9. The molecule has 2 aromatic rings. The number of anilines is 1. The number of nitrogens with one attached hydrogen (secondary N) is 1. The van der Waals surface area contributed by atoms with Crippen LogP contribution in [0.2, 0.25) is 0 Å². The fourth-order valence-electron chi connectivity index (χ4n) is 2.19. The summed E-state index contributed by atoms with van der Waals surface area (Å²) in [6.07, 6.45) is -1.26. The summed E-state index contributed by atoms with van der Waals surface area (Å²) in [7, 11) is 0. The van der Waals surface area contributed by atoms with Gasteiger partial charge in [-0.2, -0.15) is 8.78 Å². The van der Waals surface area contributed by atoms with E-state index in [9.17, 15) is 30.7 Å². The van der Waals surface area contributed by atoms with Crippen LogP contribution in [0.25, 0.3) is 5.57 Å². The predicted molar refractivity (Wildman–Crippen MR) is 101 cm³/mol. The molecule has 30 heavy (non-hydrogen) atoms. The fraction of sp³-hybridized carbons (Fsp3) is 0.263. The van der Waals surface area contributed by atoms with Gasteiger partial charge in [0.05, 0.1) is 18.1 Å². The van der Waals surface area contributed by atoms with Gasteiger partial charge >= 0.3 is 6.55 Å². The monoisotopic (exact) mass is 436 g/mol. The third kappa shape index (κ3) is 6.75. The SMILES string of the molecule is CC.N/C(=C(\C=N\C(F)F)c1ccc(NCc2c(F)cncc2F)cc1F)C(F)F. The van der Waals surface area contributed by atoms with E-state index in [1.165, 1.54) is 6.07 Å². The molecule has 0 atom stereocenters. The van der Waals surface area contributed by atoms with E-state index in [4.69, 9.17) is 5.73 Å². The molecule has 0 saturated heterocycles. The topological polar surface area (TPSA) is 63.3 Å². The van der Waals surface area contributed by atoms with E-state index < -0.39 is 47.3 Å². The maximum atomic E-state index is 14.4. The van der Waals surface area contributed by atoms with Gasteiger partial charge in [0.25, 0.3) is 6.43 Å². The van der Waals surface area contributed by atoms with Crippen molar-refractivity contribution in [3.05, 3.63) is 64.9 Å². The van der Waals surface area contributed by atoms with Crippen LogP contribution in [0.3, 0.4) is 0 Å². The molecule has 0 fully saturated rings. The highest BCUT2D eigenvalue weighted by molar-refractivity contribution is 6.11. The molecule has 0 aliphatic carbocycles. The van der Waals surface area contributed by atoms with Gasteiger partial charge in [0.1, 0.15) is 17.5 Å². The van der Waals surface area contributed by atoms with E-state index in [2.05, 4.69) is 15.3 Å². The molecule has 1 aromatic heterocycles. The molecule has 0 aliphatic heterocycles. The molecule has 0 spiro atoms. The lowest BCUT2D eigenvalue weighted by atomic mass is 10.0. The van der Waals surface area contributed by atoms with Gasteiger partial charge in [-0.15, -0.1) is 0 Å². The van der Waals surface area contributed by atoms with Crippen molar-refractivity contribution in [3.63, 3.8) is 0 Å². The lowest BCUT2D eigenvalue weighted by Crippen LogP contribution is -2.13. The minimum atomic E-state index is -3.23. The zero-order chi connectivity index (χ0) is 22.8. The summed E-state index contributed by atoms with van der Waals surface area (Å²) in [4.78, 5) is 5.99. The quantitative estimate of drug-likeness (QED) is 0.349. The molecule has 0 saturated carbocycles. The highest BCUT2D eigenvalue weighted by Crippen LogP contribution is 2.25. The largest absolute Gasteiger partial charge is 0.397 e. The highest BCUT2D eigenvalue weighted by atomic mass is 19.3. The molecule has 0 aliphatic rings. The van der Waals surface area contributed by atoms with Gasteiger partial charge in [0, 0.05) is 35.1 Å². The Hall–Kier alpha value is -3.11. The van der Waals surface area contributed by atoms with Gasteiger partial charge in [-0.3, -0.25) is 4.98 Å². The van der Waals surface area contributed by atoms with E-state index in [0.717, 1.165) is 24.5 Å². The van der Waals surface area contributed by atoms with Crippen LogP contribution in [0.1, 0.15) is 25.0 Å². The number of aromatic nitrogens is 1. The molecule has 164 valence electrons. The smallest absolute Gasteiger partial charge is 0.331 e. The summed E-state index contributed by atoms with van der Waals surface area (Å²) in [6, 6.07) is 3.03. The Bertz CT molecular complexity index is 878. The van der Waals surface area contributed by atoms with Gasteiger partial charge < -0.3 is 11.1 Å². The van der Waals surface area contributed by atoms with Crippen molar-refractivity contribution < 1.29 is 30.7 Å². The first-order valence-electron chi connectivity index (χ1n) is 8.61. The first kappa shape index (κ1) is 24.9. The zero-order valence-corrected chi connectivity index (χ0v) is 15.9. The van der Waals surface area contributed by atoms with Crippen molar-refractivity contribution in [2.24, 2.45) is 10.7 Å². The standard InChI is InChI=1S/C17H13F7N4.C2H6/c18-12-3-8(27-5-11-13(19)6-26-7-14(11)20)1-2-9(12)10(4-28-17(23)24)15(25)16(21)22;1-2/h1-4,6-7,16-17,27H,5,25H2;1-2H3/b15-10+,28-4+;. The highest BCUT2D eigenvalue weighted by Gasteiger charge is 2.18. The van der Waals surface area contributed by atoms with E-state index >= 15 is 0 Å². The molecule has 0 radical (unpaired) electrons. The summed E-state index contributed by atoms with van der Waals surface area (Å²) < 4.78 is 91.6. The summed E-state index contributed by atoms with van der Waals surface area (Å²) in [5, 5.41) is 2.55. The first-order chi connectivity index (χ1) is 14.2. The van der Waals surface area contributed by atoms with Crippen molar-refractivity contribution in [2.75, 3.05) is 5.32 Å². The Morgan fingerprint density at radius 2 is 1.67 bits per heavy atom. The number of nitrogens with two attached hydrogens (primary N) is 1. The van der Waals surface area contributed by atoms with Crippen LogP contribution in [0, 0.1) is 17.5 Å². The number of rotatable bonds is 7. The minimum Gasteiger partial charge on any atom is -0.397 e. The number of allylic oxidation sites excluding steroid dienone is 2. The number of benzene rings is 1. The Morgan fingerprint density at radius 1 is 1.07 bits per heavy atom. The third-order valence-electron chi connectivity index (χ3n) is 3.54. The Morgan fingerprint density at radius 3 is 2.17 bits per heavy atom. The Labute approximate surface area is 168 Å². The van der Waals surface area contributed by atoms with Gasteiger partial charge in [0.2, 0.25) is 0 Å². The van der Waals surface area contributed by atoms with E-state index in [1.54, 1.807) is 0 Å². The Kier molecular flexibility index (Phi) is 9.79. The maximum Gasteiger partial charge on any atom is 0.331 e. The average molecular weight is 436 g/mol. The maximum absolute atomic E-state index is 14.4. The first-order valence-corrected chi connectivity index (χ1v) is 8.61. The van der Waals surface area contributed by atoms with Gasteiger partial charge in [-0.25, -0.2) is 26.9 Å². The van der Waals surface area contributed by atoms with Crippen LogP contribution in [0.15, 0.2) is 41.3 Å². The summed E-state index contributed by atoms with van der Waals surface area (Å²) in [5.74, 6) is -2.91. The predicted octanol–water partition coefficient (Wildman–Crippen LogP) is 5.37. The second-order valence-corrected chi connectivity index (χ2v) is 5.36. The molecule has 0 bridgehead atoms. The summed E-state index contributed by atoms with van der Waals surface area (Å²) in [6.45, 7) is 0.447. The van der Waals surface area contributed by atoms with Crippen molar-refractivity contribution in [3.8, 4) is 0 Å². The molecule has 2 rings (SSSR count). The second kappa shape index (κ2) is 11.8. The molecule has 1 aromatic carbocycles. The van der Waals surface area contributed by atoms with Crippen LogP contribution < -0.4 is 11.1 Å². The van der Waals surface area contributed by atoms with E-state index in [1.807, 2.05) is 13.8 Å². The van der Waals surface area contributed by atoms with E-state index in [0.29, 0.717) is 6.21 Å². The number of nitrogens with zero attached hydrogens (tertiary/aromatic N) is 2. The van der Waals surface area contributed by atoms with Crippen molar-refractivity contribution >= 4 is 17.5 Å². The van der Waals surface area contributed by atoms with Crippen LogP contribution in [0.4, 0.5) is 36.4 Å². The lowest BCUT2D eigenvalue weighted by Gasteiger charge is -2.12. The Balaban J connectivity index is 0.00000218. The number of hydrogen-bond acceptors (Lipinski definition) is 4. The number of hydrogen-bond donors (Lipinski definition) is 2. The van der Waals surface area contributed by atoms with Gasteiger partial charge in [0.15, 0.2) is 0 Å². The minimum absolute atomic E-state index is 0.0534. The van der Waals surface area contributed by atoms with Crippen molar-refractivity contribution in [1.29, 1.82) is 0 Å². The number of pyridine rings is 1. The van der Waals surface area contributed by atoms with Gasteiger partial charge in [-0.05, 0) is 18.2 Å². The number of alkyl halides is 4. The molecule has 1 heterocycles. The molecule has 3 N–H and O–H groups in total. The molecule has 0 amide bonds. The second-order valence-electron chi connectivity index (χ2n) is 5.36. The molecule has 0 unspecified atom stereocenters. The molecule has 4 nitrogen and oxygen atoms in total. The number of halogens is 7. The number of aliphatic imine (C=N–C) groups is 1. The van der Waals surface area contributed by atoms with Crippen LogP contribution in [0.5, 0.6) is 0 Å². The summed E-state index contributed by atoms with van der Waals surface area (Å²) in [5.41, 5.74) is 2.56. The van der Waals surface area contributed by atoms with Crippen LogP contribution in [-0.2, 0) is 6.54 Å². The van der Waals surface area contributed by atoms with Crippen molar-refractivity contribution in [2.45, 2.75) is 33.4 Å². The van der Waals surface area contributed by atoms with Crippen LogP contribution >= 0.6 is 0 Å². The molecule has 11 heteroatoms. The molecular weight excluding hydrogens is 417 g/mol. The van der Waals surface area contributed by atoms with Crippen LogP contribution in [-0.4, -0.2) is 24.2 Å². The average Bonchev–Trinajstić information content (AvgIpc) is 2.70. The fourth-order valence-corrected chi connectivity index (χ4v) is 2.19. The lowest BCUT2D eigenvalue weighted by molar-refractivity contribution is 0.160. The molecular formula is C19H19F7N4. The normalized spacial score (nSPS) is 12.1. The van der Waals surface area contributed by atoms with Gasteiger partial charge in [-0.1, -0.05) is 13.8 Å².